The first kappa shape index (κ1) is 22.3. The van der Waals surface area contributed by atoms with E-state index in [4.69, 9.17) is 9.84 Å². The van der Waals surface area contributed by atoms with Crippen molar-refractivity contribution in [1.29, 1.82) is 0 Å². The third-order valence-electron chi connectivity index (χ3n) is 4.89. The van der Waals surface area contributed by atoms with Crippen LogP contribution in [0.3, 0.4) is 0 Å². The Morgan fingerprint density at radius 2 is 1.58 bits per heavy atom. The molecule has 164 valence electrons. The first-order valence-corrected chi connectivity index (χ1v) is 11.4. The van der Waals surface area contributed by atoms with E-state index in [0.717, 1.165) is 28.5 Å². The van der Waals surface area contributed by atoms with Gasteiger partial charge in [-0.3, -0.25) is 14.3 Å². The number of ether oxygens (including phenoxy) is 1. The van der Waals surface area contributed by atoms with Gasteiger partial charge < -0.3 is 15.2 Å². The number of carboxylic acids is 1. The molecular formula is C21H22N2O7S. The number of benzene rings is 2. The molecule has 1 aliphatic rings. The number of aliphatic carboxylic acids is 1. The van der Waals surface area contributed by atoms with Crippen LogP contribution in [0.5, 0.6) is 0 Å². The van der Waals surface area contributed by atoms with Crippen molar-refractivity contribution >= 4 is 28.0 Å². The molecule has 3 rings (SSSR count). The Kier molecular flexibility index (Phi) is 6.59. The van der Waals surface area contributed by atoms with Crippen molar-refractivity contribution in [2.45, 2.75) is 24.8 Å². The Morgan fingerprint density at radius 1 is 1.03 bits per heavy atom. The lowest BCUT2D eigenvalue weighted by Gasteiger charge is -2.19. The lowest BCUT2D eigenvalue weighted by Crippen LogP contribution is -2.48. The van der Waals surface area contributed by atoms with Gasteiger partial charge in [0, 0.05) is 12.3 Å². The number of hydrogen-bond acceptors (Lipinski definition) is 6. The van der Waals surface area contributed by atoms with Crippen LogP contribution in [0.15, 0.2) is 48.5 Å². The quantitative estimate of drug-likeness (QED) is 0.562. The number of fused-ring (bicyclic) bond motifs is 3. The van der Waals surface area contributed by atoms with Gasteiger partial charge in [0.1, 0.15) is 12.6 Å². The summed E-state index contributed by atoms with van der Waals surface area (Å²) < 4.78 is 29.7. The molecule has 0 heterocycles. The fraction of sp³-hybridized carbons (Fsp3) is 0.286. The molecule has 1 unspecified atom stereocenters. The van der Waals surface area contributed by atoms with Crippen LogP contribution in [-0.2, 0) is 24.3 Å². The molecule has 0 saturated heterocycles. The number of rotatable bonds is 8. The van der Waals surface area contributed by atoms with E-state index in [1.165, 1.54) is 0 Å². The van der Waals surface area contributed by atoms with Gasteiger partial charge in [0.2, 0.25) is 10.0 Å². The van der Waals surface area contributed by atoms with Crippen molar-refractivity contribution < 1.29 is 32.6 Å². The Bertz CT molecular complexity index is 1070. The third kappa shape index (κ3) is 5.60. The van der Waals surface area contributed by atoms with Gasteiger partial charge in [0.15, 0.2) is 0 Å². The van der Waals surface area contributed by atoms with Crippen molar-refractivity contribution in [3.05, 3.63) is 59.7 Å². The van der Waals surface area contributed by atoms with Crippen LogP contribution in [-0.4, -0.2) is 50.4 Å². The molecule has 0 radical (unpaired) electrons. The second kappa shape index (κ2) is 9.17. The maximum absolute atomic E-state index is 12.3. The number of carboxylic acid groups (broad SMARTS) is 1. The van der Waals surface area contributed by atoms with E-state index in [-0.39, 0.29) is 18.9 Å². The van der Waals surface area contributed by atoms with Crippen molar-refractivity contribution in [3.63, 3.8) is 0 Å². The second-order valence-corrected chi connectivity index (χ2v) is 8.94. The minimum atomic E-state index is -3.87. The van der Waals surface area contributed by atoms with Crippen LogP contribution in [0.2, 0.25) is 0 Å². The molecule has 0 aliphatic heterocycles. The molecular weight excluding hydrogens is 424 g/mol. The fourth-order valence-corrected chi connectivity index (χ4v) is 4.08. The average molecular weight is 446 g/mol. The maximum atomic E-state index is 12.3. The normalized spacial score (nSPS) is 13.6. The Morgan fingerprint density at radius 3 is 2.10 bits per heavy atom. The van der Waals surface area contributed by atoms with Crippen molar-refractivity contribution in [3.8, 4) is 11.1 Å². The first-order valence-electron chi connectivity index (χ1n) is 9.50. The molecule has 0 saturated carbocycles. The number of alkyl carbamates (subject to hydrolysis) is 1. The van der Waals surface area contributed by atoms with Crippen LogP contribution in [0.1, 0.15) is 29.9 Å². The van der Waals surface area contributed by atoms with E-state index >= 15 is 0 Å². The standard InChI is InChI=1S/C21H22N2O7S/c1-31(28,29)23-20(26)18(10-11-19(24)25)22-21(27)30-12-17-15-8-4-2-6-13(15)14-7-3-5-9-16(14)17/h2-9,17-18H,10-12H2,1H3,(H,22,27)(H,23,26)(H,24,25). The molecule has 0 aromatic heterocycles. The largest absolute Gasteiger partial charge is 0.481 e. The lowest BCUT2D eigenvalue weighted by atomic mass is 9.98. The molecule has 0 bridgehead atoms. The molecule has 1 aliphatic carbocycles. The van der Waals surface area contributed by atoms with E-state index in [2.05, 4.69) is 5.32 Å². The summed E-state index contributed by atoms with van der Waals surface area (Å²) in [6.45, 7) is -0.000788. The zero-order chi connectivity index (χ0) is 22.6. The summed E-state index contributed by atoms with van der Waals surface area (Å²) in [7, 11) is -3.87. The summed E-state index contributed by atoms with van der Waals surface area (Å²) in [5, 5.41) is 11.1. The van der Waals surface area contributed by atoms with Gasteiger partial charge in [-0.25, -0.2) is 13.2 Å². The Labute approximate surface area is 179 Å². The van der Waals surface area contributed by atoms with Gasteiger partial charge in [0.05, 0.1) is 6.26 Å². The minimum Gasteiger partial charge on any atom is -0.481 e. The molecule has 10 heteroatoms. The summed E-state index contributed by atoms with van der Waals surface area (Å²) in [5.41, 5.74) is 4.13. The highest BCUT2D eigenvalue weighted by Crippen LogP contribution is 2.44. The van der Waals surface area contributed by atoms with Crippen molar-refractivity contribution in [2.24, 2.45) is 0 Å². The predicted octanol–water partition coefficient (Wildman–Crippen LogP) is 1.83. The number of carbonyl (C=O) groups excluding carboxylic acids is 2. The molecule has 2 aromatic carbocycles. The Balaban J connectivity index is 1.69. The molecule has 2 aromatic rings. The fourth-order valence-electron chi connectivity index (χ4n) is 3.57. The van der Waals surface area contributed by atoms with Gasteiger partial charge in [-0.15, -0.1) is 0 Å². The average Bonchev–Trinajstić information content (AvgIpc) is 3.02. The van der Waals surface area contributed by atoms with Crippen LogP contribution >= 0.6 is 0 Å². The van der Waals surface area contributed by atoms with E-state index < -0.39 is 40.5 Å². The van der Waals surface area contributed by atoms with Crippen molar-refractivity contribution in [2.75, 3.05) is 12.9 Å². The van der Waals surface area contributed by atoms with E-state index in [1.807, 2.05) is 48.5 Å². The molecule has 9 nitrogen and oxygen atoms in total. The molecule has 0 spiro atoms. The molecule has 0 fully saturated rings. The zero-order valence-electron chi connectivity index (χ0n) is 16.7. The molecule has 1 atom stereocenters. The summed E-state index contributed by atoms with van der Waals surface area (Å²) in [5.74, 6) is -2.41. The van der Waals surface area contributed by atoms with Gasteiger partial charge in [-0.2, -0.15) is 0 Å². The van der Waals surface area contributed by atoms with Crippen LogP contribution in [0.25, 0.3) is 11.1 Å². The maximum Gasteiger partial charge on any atom is 0.407 e. The van der Waals surface area contributed by atoms with Crippen LogP contribution < -0.4 is 10.0 Å². The number of amides is 2. The van der Waals surface area contributed by atoms with Crippen LogP contribution in [0, 0.1) is 0 Å². The molecule has 2 amide bonds. The van der Waals surface area contributed by atoms with E-state index in [0.29, 0.717) is 0 Å². The highest BCUT2D eigenvalue weighted by Gasteiger charge is 2.30. The SMILES string of the molecule is CS(=O)(=O)NC(=O)C(CCC(=O)O)NC(=O)OCC1c2ccccc2-c2ccccc21. The highest BCUT2D eigenvalue weighted by molar-refractivity contribution is 7.89. The first-order chi connectivity index (χ1) is 14.7. The summed E-state index contributed by atoms with van der Waals surface area (Å²) in [6, 6.07) is 14.2. The molecule has 31 heavy (non-hydrogen) atoms. The monoisotopic (exact) mass is 446 g/mol. The number of carbonyl (C=O) groups is 3. The molecule has 3 N–H and O–H groups in total. The summed E-state index contributed by atoms with van der Waals surface area (Å²) >= 11 is 0. The summed E-state index contributed by atoms with van der Waals surface area (Å²) in [4.78, 5) is 35.3. The van der Waals surface area contributed by atoms with Gasteiger partial charge in [0.25, 0.3) is 5.91 Å². The van der Waals surface area contributed by atoms with Crippen molar-refractivity contribution in [1.82, 2.24) is 10.0 Å². The number of hydrogen-bond donors (Lipinski definition) is 3. The smallest absolute Gasteiger partial charge is 0.407 e. The highest BCUT2D eigenvalue weighted by atomic mass is 32.2. The van der Waals surface area contributed by atoms with Gasteiger partial charge in [-0.05, 0) is 28.7 Å². The van der Waals surface area contributed by atoms with Gasteiger partial charge in [-0.1, -0.05) is 48.5 Å². The number of sulfonamides is 1. The zero-order valence-corrected chi connectivity index (χ0v) is 17.5. The van der Waals surface area contributed by atoms with E-state index in [9.17, 15) is 22.8 Å². The van der Waals surface area contributed by atoms with Crippen LogP contribution in [0.4, 0.5) is 4.79 Å². The van der Waals surface area contributed by atoms with E-state index in [1.54, 1.807) is 4.72 Å². The van der Waals surface area contributed by atoms with Gasteiger partial charge >= 0.3 is 12.1 Å². The third-order valence-corrected chi connectivity index (χ3v) is 5.46. The lowest BCUT2D eigenvalue weighted by molar-refractivity contribution is -0.137. The predicted molar refractivity (Wildman–Crippen MR) is 112 cm³/mol. The Hall–Kier alpha value is -3.40. The minimum absolute atomic E-state index is 0.000788. The summed E-state index contributed by atoms with van der Waals surface area (Å²) in [6.07, 6.45) is -0.889. The second-order valence-electron chi connectivity index (χ2n) is 7.19. The number of nitrogens with one attached hydrogen (secondary N) is 2. The topological polar surface area (TPSA) is 139 Å².